The summed E-state index contributed by atoms with van der Waals surface area (Å²) in [6, 6.07) is 1.56. The molecule has 0 radical (unpaired) electrons. The zero-order chi connectivity index (χ0) is 18.4. The Bertz CT molecular complexity index is 881. The number of urea groups is 1. The molecule has 0 aliphatic carbocycles. The zero-order valence-corrected chi connectivity index (χ0v) is 14.8. The van der Waals surface area contributed by atoms with Gasteiger partial charge in [0.05, 0.1) is 16.6 Å². The number of nitrogens with one attached hydrogen (secondary N) is 2. The van der Waals surface area contributed by atoms with Gasteiger partial charge in [0.2, 0.25) is 0 Å². The van der Waals surface area contributed by atoms with E-state index in [1.807, 2.05) is 13.8 Å². The van der Waals surface area contributed by atoms with Crippen LogP contribution >= 0.6 is 0 Å². The fourth-order valence-electron chi connectivity index (χ4n) is 3.17. The summed E-state index contributed by atoms with van der Waals surface area (Å²) in [5, 5.41) is 0. The maximum Gasteiger partial charge on any atom is 0.325 e. The normalized spacial score (nSPS) is 17.0. The first-order valence-electron chi connectivity index (χ1n) is 8.05. The van der Waals surface area contributed by atoms with Gasteiger partial charge < -0.3 is 19.7 Å². The fourth-order valence-corrected chi connectivity index (χ4v) is 3.17. The average Bonchev–Trinajstić information content (AvgIpc) is 2.91. The summed E-state index contributed by atoms with van der Waals surface area (Å²) >= 11 is 0. The second-order valence-corrected chi connectivity index (χ2v) is 7.07. The van der Waals surface area contributed by atoms with Crippen molar-refractivity contribution in [2.24, 2.45) is 0 Å². The summed E-state index contributed by atoms with van der Waals surface area (Å²) < 4.78 is 0. The monoisotopic (exact) mass is 346 g/mol. The minimum absolute atomic E-state index is 0.0619. The van der Waals surface area contributed by atoms with E-state index in [1.165, 1.54) is 11.1 Å². The summed E-state index contributed by atoms with van der Waals surface area (Å²) in [5.41, 5.74) is 0.449. The van der Waals surface area contributed by atoms with Crippen LogP contribution in [0.4, 0.5) is 4.79 Å². The Morgan fingerprint density at radius 1 is 1.24 bits per heavy atom. The van der Waals surface area contributed by atoms with Gasteiger partial charge in [-0.3, -0.25) is 9.78 Å². The number of piperazine rings is 1. The first-order valence-corrected chi connectivity index (χ1v) is 8.05. The molecule has 9 nitrogen and oxygen atoms in total. The average molecular weight is 346 g/mol. The highest BCUT2D eigenvalue weighted by Gasteiger charge is 2.39. The van der Waals surface area contributed by atoms with Crippen LogP contribution in [0.5, 0.6) is 0 Å². The van der Waals surface area contributed by atoms with Crippen molar-refractivity contribution < 1.29 is 9.59 Å². The lowest BCUT2D eigenvalue weighted by molar-refractivity contribution is 0.0241. The lowest BCUT2D eigenvalue weighted by Crippen LogP contribution is -2.63. The molecule has 25 heavy (non-hydrogen) atoms. The smallest absolute Gasteiger partial charge is 0.325 e. The third-order valence-electron chi connectivity index (χ3n) is 4.42. The molecule has 1 saturated heterocycles. The summed E-state index contributed by atoms with van der Waals surface area (Å²) in [6.45, 7) is 5.23. The first kappa shape index (κ1) is 17.0. The third kappa shape index (κ3) is 3.09. The van der Waals surface area contributed by atoms with Crippen molar-refractivity contribution in [2.75, 3.05) is 33.7 Å². The van der Waals surface area contributed by atoms with Crippen molar-refractivity contribution in [3.8, 4) is 0 Å². The van der Waals surface area contributed by atoms with E-state index in [0.29, 0.717) is 36.4 Å². The Morgan fingerprint density at radius 2 is 1.96 bits per heavy atom. The van der Waals surface area contributed by atoms with Gasteiger partial charge in [0.15, 0.2) is 5.65 Å². The molecule has 2 aromatic heterocycles. The molecule has 0 saturated carbocycles. The number of H-pyrrole nitrogens is 2. The number of pyridine rings is 1. The van der Waals surface area contributed by atoms with Gasteiger partial charge in [-0.25, -0.2) is 14.6 Å². The molecule has 134 valence electrons. The highest BCUT2D eigenvalue weighted by atomic mass is 16.2. The van der Waals surface area contributed by atoms with E-state index in [0.717, 1.165) is 0 Å². The minimum atomic E-state index is -0.512. The van der Waals surface area contributed by atoms with Gasteiger partial charge in [0, 0.05) is 39.9 Å². The van der Waals surface area contributed by atoms with E-state index in [2.05, 4.69) is 15.0 Å². The SMILES string of the molecule is CN(C)C(=O)N1CCN(C(=O)c2cnc3[nH]c(=O)[nH]c3c2)C(C)(C)C1. The maximum atomic E-state index is 12.9. The van der Waals surface area contributed by atoms with Crippen LogP contribution < -0.4 is 5.69 Å². The quantitative estimate of drug-likeness (QED) is 0.783. The van der Waals surface area contributed by atoms with Crippen molar-refractivity contribution in [1.82, 2.24) is 29.7 Å². The molecule has 1 aliphatic heterocycles. The van der Waals surface area contributed by atoms with Gasteiger partial charge in [0.1, 0.15) is 0 Å². The lowest BCUT2D eigenvalue weighted by Gasteiger charge is -2.47. The summed E-state index contributed by atoms with van der Waals surface area (Å²) in [5.74, 6) is -0.168. The van der Waals surface area contributed by atoms with Crippen molar-refractivity contribution in [3.05, 3.63) is 28.3 Å². The van der Waals surface area contributed by atoms with Crippen molar-refractivity contribution in [1.29, 1.82) is 0 Å². The van der Waals surface area contributed by atoms with E-state index in [1.54, 1.807) is 30.0 Å². The summed E-state index contributed by atoms with van der Waals surface area (Å²) in [7, 11) is 3.43. The number of rotatable bonds is 1. The predicted octanol–water partition coefficient (Wildman–Crippen LogP) is 0.469. The Kier molecular flexibility index (Phi) is 4.02. The molecule has 0 unspecified atom stereocenters. The first-order chi connectivity index (χ1) is 11.7. The van der Waals surface area contributed by atoms with Crippen LogP contribution in [0.15, 0.2) is 17.1 Å². The topological polar surface area (TPSA) is 105 Å². The molecule has 1 aliphatic rings. The second-order valence-electron chi connectivity index (χ2n) is 7.07. The number of hydrogen-bond acceptors (Lipinski definition) is 4. The number of imidazole rings is 1. The van der Waals surface area contributed by atoms with Crippen LogP contribution in [0.1, 0.15) is 24.2 Å². The molecule has 3 rings (SSSR count). The van der Waals surface area contributed by atoms with E-state index < -0.39 is 5.54 Å². The molecule has 9 heteroatoms. The van der Waals surface area contributed by atoms with E-state index in [9.17, 15) is 14.4 Å². The fraction of sp³-hybridized carbons (Fsp3) is 0.500. The van der Waals surface area contributed by atoms with Crippen molar-refractivity contribution in [3.63, 3.8) is 0 Å². The maximum absolute atomic E-state index is 12.9. The molecule has 0 bridgehead atoms. The Balaban J connectivity index is 1.84. The third-order valence-corrected chi connectivity index (χ3v) is 4.42. The highest BCUT2D eigenvalue weighted by molar-refractivity contribution is 5.97. The lowest BCUT2D eigenvalue weighted by atomic mass is 9.97. The number of fused-ring (bicyclic) bond motifs is 1. The molecule has 2 aromatic rings. The van der Waals surface area contributed by atoms with Gasteiger partial charge >= 0.3 is 11.7 Å². The van der Waals surface area contributed by atoms with Gasteiger partial charge in [0.25, 0.3) is 5.91 Å². The summed E-state index contributed by atoms with van der Waals surface area (Å²) in [6.07, 6.45) is 1.46. The molecular formula is C16H22N6O3. The van der Waals surface area contributed by atoms with Gasteiger partial charge in [-0.15, -0.1) is 0 Å². The highest BCUT2D eigenvalue weighted by Crippen LogP contribution is 2.24. The van der Waals surface area contributed by atoms with E-state index in [4.69, 9.17) is 0 Å². The minimum Gasteiger partial charge on any atom is -0.331 e. The molecule has 3 heterocycles. The van der Waals surface area contributed by atoms with Gasteiger partial charge in [-0.05, 0) is 19.9 Å². The largest absolute Gasteiger partial charge is 0.331 e. The molecular weight excluding hydrogens is 324 g/mol. The van der Waals surface area contributed by atoms with Crippen molar-refractivity contribution >= 4 is 23.1 Å². The number of hydrogen-bond donors (Lipinski definition) is 2. The Morgan fingerprint density at radius 3 is 2.60 bits per heavy atom. The van der Waals surface area contributed by atoms with Gasteiger partial charge in [-0.2, -0.15) is 0 Å². The van der Waals surface area contributed by atoms with Crippen LogP contribution in [0.2, 0.25) is 0 Å². The number of aromatic nitrogens is 3. The Labute approximate surface area is 144 Å². The summed E-state index contributed by atoms with van der Waals surface area (Å²) in [4.78, 5) is 50.8. The Hall–Kier alpha value is -2.84. The van der Waals surface area contributed by atoms with Crippen molar-refractivity contribution in [2.45, 2.75) is 19.4 Å². The number of carbonyl (C=O) groups excluding carboxylic acids is 2. The second kappa shape index (κ2) is 5.91. The molecule has 3 amide bonds. The molecule has 0 atom stereocenters. The van der Waals surface area contributed by atoms with Crippen LogP contribution in [0, 0.1) is 0 Å². The van der Waals surface area contributed by atoms with E-state index >= 15 is 0 Å². The van der Waals surface area contributed by atoms with E-state index in [-0.39, 0.29) is 17.6 Å². The molecule has 0 spiro atoms. The van der Waals surface area contributed by atoms with Gasteiger partial charge in [-0.1, -0.05) is 0 Å². The number of aromatic amines is 2. The van der Waals surface area contributed by atoms with Crippen LogP contribution in [-0.4, -0.2) is 80.9 Å². The number of nitrogens with zero attached hydrogens (tertiary/aromatic N) is 4. The molecule has 1 fully saturated rings. The zero-order valence-electron chi connectivity index (χ0n) is 14.8. The van der Waals surface area contributed by atoms with Crippen LogP contribution in [0.25, 0.3) is 11.2 Å². The van der Waals surface area contributed by atoms with Crippen LogP contribution in [0.3, 0.4) is 0 Å². The molecule has 2 N–H and O–H groups in total. The van der Waals surface area contributed by atoms with Crippen LogP contribution in [-0.2, 0) is 0 Å². The molecule has 0 aromatic carbocycles. The standard InChI is InChI=1S/C16H22N6O3/c1-16(2)9-21(15(25)20(3)4)5-6-22(16)13(23)10-7-11-12(17-8-10)19-14(24)18-11/h7-8H,5-6,9H2,1-4H3,(H2,17,18,19,24). The number of amides is 3. The predicted molar refractivity (Wildman–Crippen MR) is 92.5 cm³/mol. The number of carbonyl (C=O) groups is 2.